The summed E-state index contributed by atoms with van der Waals surface area (Å²) in [7, 11) is 0. The van der Waals surface area contributed by atoms with Gasteiger partial charge in [-0.3, -0.25) is 0 Å². The Morgan fingerprint density at radius 1 is 1.29 bits per heavy atom. The van der Waals surface area contributed by atoms with Gasteiger partial charge in [0.25, 0.3) is 0 Å². The van der Waals surface area contributed by atoms with Crippen LogP contribution in [0.15, 0.2) is 22.7 Å². The van der Waals surface area contributed by atoms with Crippen LogP contribution in [-0.4, -0.2) is 5.16 Å². The van der Waals surface area contributed by atoms with Gasteiger partial charge in [0, 0.05) is 22.8 Å². The molecule has 0 saturated carbocycles. The molecule has 0 unspecified atom stereocenters. The quantitative estimate of drug-likeness (QED) is 0.899. The number of anilines is 1. The Morgan fingerprint density at radius 2 is 2.06 bits per heavy atom. The van der Waals surface area contributed by atoms with Gasteiger partial charge in [0.2, 0.25) is 0 Å². The second kappa shape index (κ2) is 4.80. The van der Waals surface area contributed by atoms with Crippen molar-refractivity contribution < 1.29 is 4.52 Å². The summed E-state index contributed by atoms with van der Waals surface area (Å²) in [6, 6.07) is 5.81. The number of hydrogen-bond acceptors (Lipinski definition) is 3. The van der Waals surface area contributed by atoms with Gasteiger partial charge in [-0.2, -0.15) is 0 Å². The predicted molar refractivity (Wildman–Crippen MR) is 69.5 cm³/mol. The second-order valence-corrected chi connectivity index (χ2v) is 4.55. The van der Waals surface area contributed by atoms with E-state index in [4.69, 9.17) is 16.1 Å². The van der Waals surface area contributed by atoms with Crippen molar-refractivity contribution in [2.45, 2.75) is 27.3 Å². The first-order valence-electron chi connectivity index (χ1n) is 5.49. The van der Waals surface area contributed by atoms with Gasteiger partial charge in [0.15, 0.2) is 0 Å². The number of nitrogens with one attached hydrogen (secondary N) is 1. The van der Waals surface area contributed by atoms with E-state index in [1.165, 1.54) is 5.56 Å². The largest absolute Gasteiger partial charge is 0.381 e. The fourth-order valence-corrected chi connectivity index (χ4v) is 1.89. The molecule has 0 saturated heterocycles. The number of hydrogen-bond donors (Lipinski definition) is 1. The van der Waals surface area contributed by atoms with Crippen LogP contribution >= 0.6 is 11.6 Å². The molecule has 0 aliphatic rings. The topological polar surface area (TPSA) is 38.1 Å². The van der Waals surface area contributed by atoms with Crippen LogP contribution in [0.2, 0.25) is 5.02 Å². The normalized spacial score (nSPS) is 10.6. The van der Waals surface area contributed by atoms with Crippen LogP contribution in [0.1, 0.15) is 22.6 Å². The molecule has 0 amide bonds. The minimum absolute atomic E-state index is 0.697. The predicted octanol–water partition coefficient (Wildman–Crippen LogP) is 3.87. The van der Waals surface area contributed by atoms with Gasteiger partial charge >= 0.3 is 0 Å². The summed E-state index contributed by atoms with van der Waals surface area (Å²) in [5.74, 6) is 0.856. The van der Waals surface area contributed by atoms with E-state index in [0.717, 1.165) is 27.7 Å². The summed E-state index contributed by atoms with van der Waals surface area (Å²) in [6.07, 6.45) is 0. The monoisotopic (exact) mass is 250 g/mol. The highest BCUT2D eigenvalue weighted by atomic mass is 35.5. The van der Waals surface area contributed by atoms with Crippen LogP contribution in [0, 0.1) is 20.8 Å². The Labute approximate surface area is 106 Å². The molecule has 4 heteroatoms. The third-order valence-corrected chi connectivity index (χ3v) is 3.07. The Kier molecular flexibility index (Phi) is 3.38. The van der Waals surface area contributed by atoms with Gasteiger partial charge < -0.3 is 9.84 Å². The first-order chi connectivity index (χ1) is 8.08. The van der Waals surface area contributed by atoms with Gasteiger partial charge in [-0.05, 0) is 38.5 Å². The highest BCUT2D eigenvalue weighted by Gasteiger charge is 2.08. The summed E-state index contributed by atoms with van der Waals surface area (Å²) in [5, 5.41) is 8.01. The molecule has 17 heavy (non-hydrogen) atoms. The van der Waals surface area contributed by atoms with Crippen molar-refractivity contribution in [3.05, 3.63) is 45.8 Å². The van der Waals surface area contributed by atoms with E-state index in [-0.39, 0.29) is 0 Å². The summed E-state index contributed by atoms with van der Waals surface area (Å²) in [5.41, 5.74) is 4.23. The Bertz CT molecular complexity index is 515. The van der Waals surface area contributed by atoms with Crippen molar-refractivity contribution in [1.82, 2.24) is 5.16 Å². The summed E-state index contributed by atoms with van der Waals surface area (Å²) in [6.45, 7) is 6.61. The Morgan fingerprint density at radius 3 is 2.71 bits per heavy atom. The van der Waals surface area contributed by atoms with Gasteiger partial charge in [0.05, 0.1) is 5.69 Å². The number of aromatic nitrogens is 1. The molecule has 1 heterocycles. The smallest absolute Gasteiger partial charge is 0.138 e. The minimum Gasteiger partial charge on any atom is -0.381 e. The van der Waals surface area contributed by atoms with Crippen LogP contribution in [0.25, 0.3) is 0 Å². The molecule has 2 rings (SSSR count). The number of nitrogens with zero attached hydrogens (tertiary/aromatic N) is 1. The van der Waals surface area contributed by atoms with Crippen molar-refractivity contribution in [3.63, 3.8) is 0 Å². The van der Waals surface area contributed by atoms with E-state index in [2.05, 4.69) is 10.5 Å². The zero-order valence-electron chi connectivity index (χ0n) is 10.2. The standard InChI is InChI=1S/C13H15ClN2O/c1-8-4-5-11(14)6-13(8)15-7-12-9(2)16-17-10(12)3/h4-6,15H,7H2,1-3H3. The molecule has 3 nitrogen and oxygen atoms in total. The molecular formula is C13H15ClN2O. The van der Waals surface area contributed by atoms with Crippen molar-refractivity contribution in [3.8, 4) is 0 Å². The lowest BCUT2D eigenvalue weighted by atomic mass is 10.1. The van der Waals surface area contributed by atoms with E-state index < -0.39 is 0 Å². The molecule has 0 bridgehead atoms. The van der Waals surface area contributed by atoms with Crippen LogP contribution in [0.3, 0.4) is 0 Å². The zero-order chi connectivity index (χ0) is 12.4. The van der Waals surface area contributed by atoms with Gasteiger partial charge in [-0.25, -0.2) is 0 Å². The van der Waals surface area contributed by atoms with Gasteiger partial charge in [-0.15, -0.1) is 0 Å². The van der Waals surface area contributed by atoms with Gasteiger partial charge in [0.1, 0.15) is 5.76 Å². The molecule has 1 aromatic carbocycles. The van der Waals surface area contributed by atoms with E-state index in [0.29, 0.717) is 6.54 Å². The van der Waals surface area contributed by atoms with E-state index in [1.807, 2.05) is 39.0 Å². The van der Waals surface area contributed by atoms with Crippen molar-refractivity contribution in [2.75, 3.05) is 5.32 Å². The van der Waals surface area contributed by atoms with Crippen molar-refractivity contribution in [2.24, 2.45) is 0 Å². The maximum Gasteiger partial charge on any atom is 0.138 e. The lowest BCUT2D eigenvalue weighted by molar-refractivity contribution is 0.392. The summed E-state index contributed by atoms with van der Waals surface area (Å²) in [4.78, 5) is 0. The van der Waals surface area contributed by atoms with Crippen molar-refractivity contribution >= 4 is 17.3 Å². The third-order valence-electron chi connectivity index (χ3n) is 2.84. The highest BCUT2D eigenvalue weighted by molar-refractivity contribution is 6.30. The molecule has 0 aliphatic carbocycles. The van der Waals surface area contributed by atoms with Gasteiger partial charge in [-0.1, -0.05) is 22.8 Å². The maximum atomic E-state index is 5.97. The van der Waals surface area contributed by atoms with Crippen LogP contribution in [0.4, 0.5) is 5.69 Å². The first kappa shape index (κ1) is 12.0. The second-order valence-electron chi connectivity index (χ2n) is 4.12. The van der Waals surface area contributed by atoms with E-state index in [9.17, 15) is 0 Å². The molecular weight excluding hydrogens is 236 g/mol. The molecule has 0 fully saturated rings. The molecule has 1 aromatic heterocycles. The average molecular weight is 251 g/mol. The highest BCUT2D eigenvalue weighted by Crippen LogP contribution is 2.22. The van der Waals surface area contributed by atoms with Crippen LogP contribution in [0.5, 0.6) is 0 Å². The van der Waals surface area contributed by atoms with E-state index >= 15 is 0 Å². The molecule has 0 aliphatic heterocycles. The zero-order valence-corrected chi connectivity index (χ0v) is 10.9. The lowest BCUT2D eigenvalue weighted by Gasteiger charge is -2.09. The SMILES string of the molecule is Cc1ccc(Cl)cc1NCc1c(C)noc1C. The third kappa shape index (κ3) is 2.61. The Balaban J connectivity index is 2.15. The number of aryl methyl sites for hydroxylation is 3. The molecule has 2 aromatic rings. The van der Waals surface area contributed by atoms with E-state index in [1.54, 1.807) is 0 Å². The number of rotatable bonds is 3. The molecule has 0 radical (unpaired) electrons. The fourth-order valence-electron chi connectivity index (χ4n) is 1.72. The minimum atomic E-state index is 0.697. The average Bonchev–Trinajstić information content (AvgIpc) is 2.61. The number of halogens is 1. The van der Waals surface area contributed by atoms with Crippen LogP contribution < -0.4 is 5.32 Å². The lowest BCUT2D eigenvalue weighted by Crippen LogP contribution is -2.02. The molecule has 1 N–H and O–H groups in total. The van der Waals surface area contributed by atoms with Crippen LogP contribution in [-0.2, 0) is 6.54 Å². The summed E-state index contributed by atoms with van der Waals surface area (Å²) >= 11 is 5.97. The molecule has 0 spiro atoms. The number of benzene rings is 1. The Hall–Kier alpha value is -1.48. The first-order valence-corrected chi connectivity index (χ1v) is 5.87. The fraction of sp³-hybridized carbons (Fsp3) is 0.308. The molecule has 90 valence electrons. The van der Waals surface area contributed by atoms with Crippen molar-refractivity contribution in [1.29, 1.82) is 0 Å². The summed E-state index contributed by atoms with van der Waals surface area (Å²) < 4.78 is 5.12. The maximum absolute atomic E-state index is 5.97. The molecule has 0 atom stereocenters.